The second kappa shape index (κ2) is 7.64. The van der Waals surface area contributed by atoms with Crippen molar-refractivity contribution in [1.82, 2.24) is 0 Å². The maximum absolute atomic E-state index is 12.3. The van der Waals surface area contributed by atoms with Gasteiger partial charge in [0.05, 0.1) is 14.2 Å². The Labute approximate surface area is 124 Å². The van der Waals surface area contributed by atoms with Gasteiger partial charge in [0.25, 0.3) is 0 Å². The van der Waals surface area contributed by atoms with E-state index in [9.17, 15) is 4.21 Å². The van der Waals surface area contributed by atoms with Crippen LogP contribution in [0.1, 0.15) is 32.4 Å². The van der Waals surface area contributed by atoms with Crippen LogP contribution in [0, 0.1) is 5.92 Å². The standard InChI is InChI=1S/C15H25NO3S/c1-10(2)11(3)20(17)9-14(16)13-8-12(18-4)6-7-15(13)19-5/h6-8,10-11,14H,9,16H2,1-5H3. The fraction of sp³-hybridized carbons (Fsp3) is 0.600. The lowest BCUT2D eigenvalue weighted by atomic mass is 10.1. The van der Waals surface area contributed by atoms with Crippen molar-refractivity contribution in [2.75, 3.05) is 20.0 Å². The smallest absolute Gasteiger partial charge is 0.123 e. The third kappa shape index (κ3) is 4.21. The molecule has 0 heterocycles. The van der Waals surface area contributed by atoms with Crippen molar-refractivity contribution in [3.05, 3.63) is 23.8 Å². The molecular formula is C15H25NO3S. The Morgan fingerprint density at radius 1 is 1.20 bits per heavy atom. The van der Waals surface area contributed by atoms with E-state index in [1.807, 2.05) is 25.1 Å². The van der Waals surface area contributed by atoms with Gasteiger partial charge in [0.15, 0.2) is 0 Å². The van der Waals surface area contributed by atoms with Crippen LogP contribution in [0.15, 0.2) is 18.2 Å². The van der Waals surface area contributed by atoms with E-state index in [2.05, 4.69) is 13.8 Å². The number of rotatable bonds is 7. The van der Waals surface area contributed by atoms with Gasteiger partial charge in [0.1, 0.15) is 11.5 Å². The van der Waals surface area contributed by atoms with Crippen molar-refractivity contribution in [1.29, 1.82) is 0 Å². The maximum Gasteiger partial charge on any atom is 0.123 e. The van der Waals surface area contributed by atoms with E-state index in [4.69, 9.17) is 15.2 Å². The Kier molecular flexibility index (Phi) is 6.49. The van der Waals surface area contributed by atoms with Gasteiger partial charge >= 0.3 is 0 Å². The molecule has 114 valence electrons. The van der Waals surface area contributed by atoms with Crippen LogP contribution >= 0.6 is 0 Å². The SMILES string of the molecule is COc1ccc(OC)c(C(N)CS(=O)C(C)C(C)C)c1. The molecule has 0 aromatic heterocycles. The third-order valence-electron chi connectivity index (χ3n) is 3.53. The Balaban J connectivity index is 2.91. The highest BCUT2D eigenvalue weighted by Gasteiger charge is 2.21. The van der Waals surface area contributed by atoms with Gasteiger partial charge in [-0.15, -0.1) is 0 Å². The molecule has 0 spiro atoms. The van der Waals surface area contributed by atoms with Crippen LogP contribution < -0.4 is 15.2 Å². The van der Waals surface area contributed by atoms with Gasteiger partial charge in [-0.25, -0.2) is 0 Å². The molecule has 0 fully saturated rings. The first-order chi connectivity index (χ1) is 9.40. The lowest BCUT2D eigenvalue weighted by Gasteiger charge is -2.20. The van der Waals surface area contributed by atoms with Gasteiger partial charge in [-0.1, -0.05) is 20.8 Å². The highest BCUT2D eigenvalue weighted by Crippen LogP contribution is 2.29. The summed E-state index contributed by atoms with van der Waals surface area (Å²) in [6.45, 7) is 6.14. The summed E-state index contributed by atoms with van der Waals surface area (Å²) in [4.78, 5) is 0. The fourth-order valence-electron chi connectivity index (χ4n) is 1.85. The molecule has 2 N–H and O–H groups in total. The molecule has 0 radical (unpaired) electrons. The van der Waals surface area contributed by atoms with Crippen LogP contribution in [0.25, 0.3) is 0 Å². The van der Waals surface area contributed by atoms with Crippen LogP contribution in [0.3, 0.4) is 0 Å². The van der Waals surface area contributed by atoms with E-state index in [1.54, 1.807) is 14.2 Å². The average Bonchev–Trinajstić information content (AvgIpc) is 2.45. The zero-order chi connectivity index (χ0) is 15.3. The molecule has 3 unspecified atom stereocenters. The number of benzene rings is 1. The van der Waals surface area contributed by atoms with Crippen molar-refractivity contribution in [3.8, 4) is 11.5 Å². The second-order valence-electron chi connectivity index (χ2n) is 5.21. The number of hydrogen-bond donors (Lipinski definition) is 1. The maximum atomic E-state index is 12.3. The number of nitrogens with two attached hydrogens (primary N) is 1. The number of methoxy groups -OCH3 is 2. The van der Waals surface area contributed by atoms with E-state index in [0.717, 1.165) is 11.3 Å². The molecule has 1 aromatic carbocycles. The molecule has 20 heavy (non-hydrogen) atoms. The Morgan fingerprint density at radius 2 is 1.85 bits per heavy atom. The van der Waals surface area contributed by atoms with Crippen molar-refractivity contribution in [2.24, 2.45) is 11.7 Å². The molecule has 0 aliphatic heterocycles. The molecule has 0 aliphatic carbocycles. The summed E-state index contributed by atoms with van der Waals surface area (Å²) in [5.74, 6) is 2.21. The van der Waals surface area contributed by atoms with Crippen LogP contribution in [0.2, 0.25) is 0 Å². The summed E-state index contributed by atoms with van der Waals surface area (Å²) in [5, 5.41) is 0.123. The molecule has 0 bridgehead atoms. The van der Waals surface area contributed by atoms with Gasteiger partial charge in [0, 0.05) is 33.4 Å². The molecule has 0 saturated heterocycles. The topological polar surface area (TPSA) is 61.6 Å². The van der Waals surface area contributed by atoms with Crippen molar-refractivity contribution >= 4 is 10.8 Å². The summed E-state index contributed by atoms with van der Waals surface area (Å²) in [6, 6.07) is 5.16. The minimum absolute atomic E-state index is 0.123. The lowest BCUT2D eigenvalue weighted by molar-refractivity contribution is 0.396. The van der Waals surface area contributed by atoms with Gasteiger partial charge < -0.3 is 15.2 Å². The Morgan fingerprint density at radius 3 is 2.35 bits per heavy atom. The van der Waals surface area contributed by atoms with Crippen LogP contribution in [0.5, 0.6) is 11.5 Å². The highest BCUT2D eigenvalue weighted by molar-refractivity contribution is 7.85. The molecule has 1 aromatic rings. The largest absolute Gasteiger partial charge is 0.497 e. The first-order valence-corrected chi connectivity index (χ1v) is 8.13. The molecular weight excluding hydrogens is 274 g/mol. The molecule has 3 atom stereocenters. The Hall–Kier alpha value is -1.07. The predicted molar refractivity (Wildman–Crippen MR) is 83.8 cm³/mol. The second-order valence-corrected chi connectivity index (χ2v) is 7.05. The summed E-state index contributed by atoms with van der Waals surface area (Å²) < 4.78 is 22.8. The van der Waals surface area contributed by atoms with E-state index >= 15 is 0 Å². The fourth-order valence-corrected chi connectivity index (χ4v) is 3.30. The van der Waals surface area contributed by atoms with Crippen molar-refractivity contribution in [3.63, 3.8) is 0 Å². The van der Waals surface area contributed by atoms with Gasteiger partial charge in [0.2, 0.25) is 0 Å². The minimum atomic E-state index is -0.966. The summed E-state index contributed by atoms with van der Waals surface area (Å²) in [5.41, 5.74) is 7.04. The predicted octanol–water partition coefficient (Wildman–Crippen LogP) is 2.50. The van der Waals surface area contributed by atoms with Crippen molar-refractivity contribution < 1.29 is 13.7 Å². The number of hydrogen-bond acceptors (Lipinski definition) is 4. The van der Waals surface area contributed by atoms with Gasteiger partial charge in [-0.2, -0.15) is 0 Å². The highest BCUT2D eigenvalue weighted by atomic mass is 32.2. The van der Waals surface area contributed by atoms with Crippen molar-refractivity contribution in [2.45, 2.75) is 32.1 Å². The van der Waals surface area contributed by atoms with Crippen LogP contribution in [-0.2, 0) is 10.8 Å². The summed E-state index contributed by atoms with van der Waals surface area (Å²) >= 11 is 0. The van der Waals surface area contributed by atoms with Crippen LogP contribution in [0.4, 0.5) is 0 Å². The van der Waals surface area contributed by atoms with E-state index in [1.165, 1.54) is 0 Å². The molecule has 4 nitrogen and oxygen atoms in total. The normalized spacial score (nSPS) is 15.8. The first-order valence-electron chi connectivity index (χ1n) is 6.75. The average molecular weight is 299 g/mol. The quantitative estimate of drug-likeness (QED) is 0.840. The summed E-state index contributed by atoms with van der Waals surface area (Å²) in [6.07, 6.45) is 0. The first kappa shape index (κ1) is 17.0. The minimum Gasteiger partial charge on any atom is -0.497 e. The van der Waals surface area contributed by atoms with Gasteiger partial charge in [-0.05, 0) is 24.1 Å². The molecule has 5 heteroatoms. The van der Waals surface area contributed by atoms with E-state index in [-0.39, 0.29) is 11.3 Å². The monoisotopic (exact) mass is 299 g/mol. The zero-order valence-corrected chi connectivity index (χ0v) is 13.7. The molecule has 1 rings (SSSR count). The molecule has 0 amide bonds. The summed E-state index contributed by atoms with van der Waals surface area (Å²) in [7, 11) is 2.24. The van der Waals surface area contributed by atoms with E-state index < -0.39 is 10.8 Å². The lowest BCUT2D eigenvalue weighted by Crippen LogP contribution is -2.26. The van der Waals surface area contributed by atoms with E-state index in [0.29, 0.717) is 17.4 Å². The Bertz CT molecular complexity index is 462. The van der Waals surface area contributed by atoms with Crippen LogP contribution in [-0.4, -0.2) is 29.4 Å². The number of ether oxygens (including phenoxy) is 2. The molecule has 0 aliphatic rings. The van der Waals surface area contributed by atoms with Gasteiger partial charge in [-0.3, -0.25) is 4.21 Å². The zero-order valence-electron chi connectivity index (χ0n) is 12.9. The molecule has 0 saturated carbocycles. The third-order valence-corrected chi connectivity index (χ3v) is 5.59.